The molecule has 33 heavy (non-hydrogen) atoms. The van der Waals surface area contributed by atoms with Crippen molar-refractivity contribution in [1.29, 1.82) is 0 Å². The van der Waals surface area contributed by atoms with Gasteiger partial charge < -0.3 is 19.5 Å². The van der Waals surface area contributed by atoms with Gasteiger partial charge in [0.25, 0.3) is 5.91 Å². The third kappa shape index (κ3) is 3.71. The number of ether oxygens (including phenoxy) is 1. The molecular formula is C27H27N3O3. The average Bonchev–Trinajstić information content (AvgIpc) is 3.42. The summed E-state index contributed by atoms with van der Waals surface area (Å²) in [7, 11) is 1.60. The van der Waals surface area contributed by atoms with Gasteiger partial charge in [-0.15, -0.1) is 0 Å². The number of para-hydroxylation sites is 2. The molecule has 0 saturated carbocycles. The van der Waals surface area contributed by atoms with Gasteiger partial charge in [-0.2, -0.15) is 0 Å². The van der Waals surface area contributed by atoms with Gasteiger partial charge in [0.1, 0.15) is 17.9 Å². The van der Waals surface area contributed by atoms with Gasteiger partial charge >= 0.3 is 0 Å². The van der Waals surface area contributed by atoms with Crippen LogP contribution in [0.5, 0.6) is 5.75 Å². The SMILES string of the molecule is CCn1c2ccccc2c2cc(C(=O)N3C[C@@H](Oc4ccccc4)C[C@H]3C(=O)NC)ccc21. The molecule has 6 nitrogen and oxygen atoms in total. The molecule has 4 aromatic rings. The maximum atomic E-state index is 13.6. The molecule has 1 fully saturated rings. The minimum Gasteiger partial charge on any atom is -0.488 e. The van der Waals surface area contributed by atoms with Crippen molar-refractivity contribution in [3.8, 4) is 5.75 Å². The molecular weight excluding hydrogens is 414 g/mol. The van der Waals surface area contributed by atoms with Gasteiger partial charge in [-0.05, 0) is 43.3 Å². The number of benzene rings is 3. The standard InChI is InChI=1S/C27H27N3O3/c1-3-29-23-12-8-7-11-21(23)22-15-18(13-14-24(22)29)27(32)30-17-20(16-25(30)26(31)28-2)33-19-9-5-4-6-10-19/h4-15,20,25H,3,16-17H2,1-2H3,(H,28,31)/t20-,25-/m0/s1. The minimum absolute atomic E-state index is 0.155. The highest BCUT2D eigenvalue weighted by molar-refractivity contribution is 6.11. The molecule has 0 unspecified atom stereocenters. The van der Waals surface area contributed by atoms with E-state index >= 15 is 0 Å². The predicted molar refractivity (Wildman–Crippen MR) is 129 cm³/mol. The number of nitrogens with one attached hydrogen (secondary N) is 1. The lowest BCUT2D eigenvalue weighted by molar-refractivity contribution is -0.124. The van der Waals surface area contributed by atoms with Crippen molar-refractivity contribution in [1.82, 2.24) is 14.8 Å². The van der Waals surface area contributed by atoms with Crippen LogP contribution < -0.4 is 10.1 Å². The third-order valence-electron chi connectivity index (χ3n) is 6.45. The highest BCUT2D eigenvalue weighted by Crippen LogP contribution is 2.31. The molecule has 1 aliphatic rings. The summed E-state index contributed by atoms with van der Waals surface area (Å²) < 4.78 is 8.34. The number of fused-ring (bicyclic) bond motifs is 3. The molecule has 5 rings (SSSR count). The van der Waals surface area contributed by atoms with Gasteiger partial charge in [-0.3, -0.25) is 9.59 Å². The average molecular weight is 442 g/mol. The summed E-state index contributed by atoms with van der Waals surface area (Å²) in [5, 5.41) is 4.87. The Balaban J connectivity index is 1.48. The topological polar surface area (TPSA) is 63.6 Å². The number of hydrogen-bond acceptors (Lipinski definition) is 3. The Morgan fingerprint density at radius 1 is 0.970 bits per heavy atom. The second-order valence-corrected chi connectivity index (χ2v) is 8.37. The number of carbonyl (C=O) groups excluding carboxylic acids is 2. The number of carbonyl (C=O) groups is 2. The number of likely N-dealkylation sites (N-methyl/N-ethyl adjacent to an activating group) is 1. The van der Waals surface area contributed by atoms with Crippen molar-refractivity contribution in [3.05, 3.63) is 78.4 Å². The molecule has 1 saturated heterocycles. The highest BCUT2D eigenvalue weighted by Gasteiger charge is 2.40. The predicted octanol–water partition coefficient (Wildman–Crippen LogP) is 4.22. The van der Waals surface area contributed by atoms with Crippen molar-refractivity contribution < 1.29 is 14.3 Å². The van der Waals surface area contributed by atoms with Crippen LogP contribution in [0.2, 0.25) is 0 Å². The summed E-state index contributed by atoms with van der Waals surface area (Å²) >= 11 is 0. The van der Waals surface area contributed by atoms with Crippen molar-refractivity contribution in [3.63, 3.8) is 0 Å². The Morgan fingerprint density at radius 2 is 1.70 bits per heavy atom. The van der Waals surface area contributed by atoms with Crippen LogP contribution in [-0.4, -0.2) is 47.0 Å². The third-order valence-corrected chi connectivity index (χ3v) is 6.45. The first-order valence-electron chi connectivity index (χ1n) is 11.4. The first-order chi connectivity index (χ1) is 16.1. The molecule has 0 radical (unpaired) electrons. The Hall–Kier alpha value is -3.80. The highest BCUT2D eigenvalue weighted by atomic mass is 16.5. The van der Waals surface area contributed by atoms with Gasteiger partial charge in [-0.1, -0.05) is 36.4 Å². The van der Waals surface area contributed by atoms with Crippen LogP contribution in [0, 0.1) is 0 Å². The van der Waals surface area contributed by atoms with E-state index in [1.807, 2.05) is 60.7 Å². The van der Waals surface area contributed by atoms with Crippen LogP contribution in [-0.2, 0) is 11.3 Å². The van der Waals surface area contributed by atoms with Crippen LogP contribution >= 0.6 is 0 Å². The first kappa shape index (κ1) is 21.1. The van der Waals surface area contributed by atoms with E-state index in [4.69, 9.17) is 4.74 Å². The van der Waals surface area contributed by atoms with E-state index in [1.54, 1.807) is 11.9 Å². The summed E-state index contributed by atoms with van der Waals surface area (Å²) in [4.78, 5) is 27.9. The van der Waals surface area contributed by atoms with Gasteiger partial charge in [-0.25, -0.2) is 0 Å². The van der Waals surface area contributed by atoms with Crippen molar-refractivity contribution >= 4 is 33.6 Å². The van der Waals surface area contributed by atoms with Crippen LogP contribution in [0.25, 0.3) is 21.8 Å². The minimum atomic E-state index is -0.566. The zero-order valence-electron chi connectivity index (χ0n) is 18.8. The number of rotatable bonds is 5. The second-order valence-electron chi connectivity index (χ2n) is 8.37. The van der Waals surface area contributed by atoms with E-state index in [0.717, 1.165) is 34.1 Å². The van der Waals surface area contributed by atoms with E-state index in [0.29, 0.717) is 18.5 Å². The number of likely N-dealkylation sites (tertiary alicyclic amines) is 1. The number of aromatic nitrogens is 1. The summed E-state index contributed by atoms with van der Waals surface area (Å²) in [6.07, 6.45) is 0.210. The molecule has 2 heterocycles. The molecule has 0 spiro atoms. The molecule has 1 aromatic heterocycles. The number of amides is 2. The summed E-state index contributed by atoms with van der Waals surface area (Å²) in [6, 6.07) is 23.0. The monoisotopic (exact) mass is 441 g/mol. The Kier molecular flexibility index (Phi) is 5.50. The molecule has 0 bridgehead atoms. The lowest BCUT2D eigenvalue weighted by Crippen LogP contribution is -2.44. The molecule has 2 amide bonds. The van der Waals surface area contributed by atoms with Gasteiger partial charge in [0.15, 0.2) is 0 Å². The van der Waals surface area contributed by atoms with Crippen LogP contribution in [0.15, 0.2) is 72.8 Å². The van der Waals surface area contributed by atoms with Gasteiger partial charge in [0.2, 0.25) is 5.91 Å². The fraction of sp³-hybridized carbons (Fsp3) is 0.259. The summed E-state index contributed by atoms with van der Waals surface area (Å²) in [5.74, 6) is 0.408. The van der Waals surface area contributed by atoms with Crippen LogP contribution in [0.4, 0.5) is 0 Å². The van der Waals surface area contributed by atoms with Gasteiger partial charge in [0, 0.05) is 47.4 Å². The lowest BCUT2D eigenvalue weighted by atomic mass is 10.1. The molecule has 1 N–H and O–H groups in total. The Morgan fingerprint density at radius 3 is 2.45 bits per heavy atom. The first-order valence-corrected chi connectivity index (χ1v) is 11.4. The van der Waals surface area contributed by atoms with Crippen molar-refractivity contribution in [2.75, 3.05) is 13.6 Å². The van der Waals surface area contributed by atoms with Gasteiger partial charge in [0.05, 0.1) is 6.54 Å². The number of hydrogen-bond donors (Lipinski definition) is 1. The lowest BCUT2D eigenvalue weighted by Gasteiger charge is -2.23. The fourth-order valence-corrected chi connectivity index (χ4v) is 4.91. The quantitative estimate of drug-likeness (QED) is 0.504. The van der Waals surface area contributed by atoms with Crippen molar-refractivity contribution in [2.45, 2.75) is 32.0 Å². The maximum absolute atomic E-state index is 13.6. The Bertz CT molecular complexity index is 1330. The number of aryl methyl sites for hydroxylation is 1. The summed E-state index contributed by atoms with van der Waals surface area (Å²) in [6.45, 7) is 3.33. The van der Waals surface area contributed by atoms with E-state index in [-0.39, 0.29) is 17.9 Å². The molecule has 2 atom stereocenters. The van der Waals surface area contributed by atoms with E-state index in [9.17, 15) is 9.59 Å². The van der Waals surface area contributed by atoms with E-state index < -0.39 is 6.04 Å². The second kappa shape index (κ2) is 8.62. The smallest absolute Gasteiger partial charge is 0.254 e. The molecule has 1 aliphatic heterocycles. The Labute approximate surface area is 192 Å². The van der Waals surface area contributed by atoms with Crippen LogP contribution in [0.3, 0.4) is 0 Å². The largest absolute Gasteiger partial charge is 0.488 e. The van der Waals surface area contributed by atoms with Crippen LogP contribution in [0.1, 0.15) is 23.7 Å². The zero-order valence-corrected chi connectivity index (χ0v) is 18.8. The molecule has 6 heteroatoms. The normalized spacial score (nSPS) is 18.1. The molecule has 3 aromatic carbocycles. The molecule has 168 valence electrons. The summed E-state index contributed by atoms with van der Waals surface area (Å²) in [5.41, 5.74) is 2.83. The van der Waals surface area contributed by atoms with E-state index in [2.05, 4.69) is 28.9 Å². The zero-order chi connectivity index (χ0) is 22.9. The van der Waals surface area contributed by atoms with Crippen molar-refractivity contribution in [2.24, 2.45) is 0 Å². The number of nitrogens with zero attached hydrogens (tertiary/aromatic N) is 2. The fourth-order valence-electron chi connectivity index (χ4n) is 4.91. The van der Waals surface area contributed by atoms with E-state index in [1.165, 1.54) is 0 Å². The maximum Gasteiger partial charge on any atom is 0.254 e. The molecule has 0 aliphatic carbocycles.